The van der Waals surface area contributed by atoms with Crippen molar-refractivity contribution in [2.24, 2.45) is 0 Å². The minimum Gasteiger partial charge on any atom is -0.507 e. The molecule has 0 aromatic heterocycles. The van der Waals surface area contributed by atoms with Crippen LogP contribution in [0.3, 0.4) is 0 Å². The van der Waals surface area contributed by atoms with Crippen LogP contribution in [-0.4, -0.2) is 24.8 Å². The van der Waals surface area contributed by atoms with Crippen molar-refractivity contribution >= 4 is 5.78 Å². The Kier molecular flexibility index (Phi) is 2.95. The Balaban J connectivity index is 2.10. The van der Waals surface area contributed by atoms with Crippen molar-refractivity contribution in [2.45, 2.75) is 0 Å². The van der Waals surface area contributed by atoms with E-state index in [2.05, 4.69) is 0 Å². The second-order valence-electron chi connectivity index (χ2n) is 4.25. The van der Waals surface area contributed by atoms with Crippen LogP contribution in [0.4, 0.5) is 0 Å². The third-order valence-corrected chi connectivity index (χ3v) is 3.09. The average molecular weight is 272 g/mol. The lowest BCUT2D eigenvalue weighted by Crippen LogP contribution is -2.04. The van der Waals surface area contributed by atoms with Gasteiger partial charge in [-0.05, 0) is 18.2 Å². The normalized spacial score (nSPS) is 12.2. The molecule has 1 N–H and O–H groups in total. The van der Waals surface area contributed by atoms with E-state index in [9.17, 15) is 9.90 Å². The van der Waals surface area contributed by atoms with Gasteiger partial charge < -0.3 is 19.3 Å². The van der Waals surface area contributed by atoms with Gasteiger partial charge in [-0.25, -0.2) is 0 Å². The second kappa shape index (κ2) is 4.77. The van der Waals surface area contributed by atoms with E-state index in [-0.39, 0.29) is 23.9 Å². The van der Waals surface area contributed by atoms with Gasteiger partial charge in [0.2, 0.25) is 12.6 Å². The quantitative estimate of drug-likeness (QED) is 0.869. The van der Waals surface area contributed by atoms with E-state index < -0.39 is 0 Å². The van der Waals surface area contributed by atoms with Crippen molar-refractivity contribution in [3.63, 3.8) is 0 Å². The highest BCUT2D eigenvalue weighted by Gasteiger charge is 2.23. The van der Waals surface area contributed by atoms with Gasteiger partial charge in [-0.3, -0.25) is 4.79 Å². The smallest absolute Gasteiger partial charge is 0.231 e. The van der Waals surface area contributed by atoms with Gasteiger partial charge in [0.05, 0.1) is 18.2 Å². The van der Waals surface area contributed by atoms with Crippen LogP contribution in [0, 0.1) is 0 Å². The molecule has 1 aliphatic rings. The molecule has 3 rings (SSSR count). The number of aromatic hydroxyl groups is 1. The fourth-order valence-electron chi connectivity index (χ4n) is 2.08. The number of ether oxygens (including phenoxy) is 3. The van der Waals surface area contributed by atoms with Crippen LogP contribution in [0.1, 0.15) is 15.9 Å². The first kappa shape index (κ1) is 12.3. The molecular formula is C15H12O5. The number of hydrogen-bond acceptors (Lipinski definition) is 5. The number of methoxy groups -OCH3 is 1. The third kappa shape index (κ3) is 1.93. The molecule has 0 bridgehead atoms. The number of carbonyl (C=O) groups is 1. The summed E-state index contributed by atoms with van der Waals surface area (Å²) < 4.78 is 15.7. The summed E-state index contributed by atoms with van der Waals surface area (Å²) in [6.45, 7) is 0.118. The lowest BCUT2D eigenvalue weighted by Gasteiger charge is -2.10. The summed E-state index contributed by atoms with van der Waals surface area (Å²) in [6.07, 6.45) is 0. The minimum atomic E-state index is -0.335. The van der Waals surface area contributed by atoms with Crippen molar-refractivity contribution in [3.05, 3.63) is 47.5 Å². The van der Waals surface area contributed by atoms with E-state index in [0.29, 0.717) is 22.8 Å². The van der Waals surface area contributed by atoms with Crippen LogP contribution in [0.5, 0.6) is 23.0 Å². The molecule has 5 nitrogen and oxygen atoms in total. The molecule has 0 fully saturated rings. The molecule has 0 atom stereocenters. The van der Waals surface area contributed by atoms with Gasteiger partial charge in [-0.15, -0.1) is 0 Å². The van der Waals surface area contributed by atoms with E-state index >= 15 is 0 Å². The Morgan fingerprint density at radius 1 is 1.15 bits per heavy atom. The molecule has 5 heteroatoms. The Morgan fingerprint density at radius 3 is 2.55 bits per heavy atom. The Hall–Kier alpha value is -2.69. The van der Waals surface area contributed by atoms with Crippen LogP contribution < -0.4 is 14.2 Å². The number of hydrogen-bond donors (Lipinski definition) is 1. The molecule has 0 radical (unpaired) electrons. The summed E-state index contributed by atoms with van der Waals surface area (Å²) in [6, 6.07) is 9.54. The number of benzene rings is 2. The molecule has 0 spiro atoms. The summed E-state index contributed by atoms with van der Waals surface area (Å²) in [5.41, 5.74) is 0.530. The highest BCUT2D eigenvalue weighted by molar-refractivity contribution is 6.12. The zero-order chi connectivity index (χ0) is 14.1. The van der Waals surface area contributed by atoms with Crippen LogP contribution in [0.25, 0.3) is 0 Å². The molecule has 1 aliphatic heterocycles. The summed E-state index contributed by atoms with van der Waals surface area (Å²) in [7, 11) is 1.47. The van der Waals surface area contributed by atoms with Gasteiger partial charge in [0.15, 0.2) is 11.5 Å². The zero-order valence-corrected chi connectivity index (χ0v) is 10.8. The molecule has 0 aliphatic carbocycles. The second-order valence-corrected chi connectivity index (χ2v) is 4.25. The van der Waals surface area contributed by atoms with Crippen LogP contribution >= 0.6 is 0 Å². The van der Waals surface area contributed by atoms with E-state index in [4.69, 9.17) is 14.2 Å². The third-order valence-electron chi connectivity index (χ3n) is 3.09. The van der Waals surface area contributed by atoms with Crippen molar-refractivity contribution in [3.8, 4) is 23.0 Å². The molecular weight excluding hydrogens is 260 g/mol. The zero-order valence-electron chi connectivity index (χ0n) is 10.8. The molecule has 2 aromatic rings. The first-order chi connectivity index (χ1) is 9.70. The number of phenols is 1. The molecule has 0 unspecified atom stereocenters. The number of fused-ring (bicyclic) bond motifs is 1. The van der Waals surface area contributed by atoms with Crippen molar-refractivity contribution in [2.75, 3.05) is 13.9 Å². The lowest BCUT2D eigenvalue weighted by atomic mass is 10.0. The predicted molar refractivity (Wildman–Crippen MR) is 70.7 cm³/mol. The topological polar surface area (TPSA) is 65.0 Å². The number of rotatable bonds is 3. The summed E-state index contributed by atoms with van der Waals surface area (Å²) in [5, 5.41) is 9.78. The fraction of sp³-hybridized carbons (Fsp3) is 0.133. The molecule has 0 saturated heterocycles. The Morgan fingerprint density at radius 2 is 1.85 bits per heavy atom. The van der Waals surface area contributed by atoms with Gasteiger partial charge in [0.1, 0.15) is 11.5 Å². The molecule has 1 heterocycles. The Labute approximate surface area is 115 Å². The first-order valence-corrected chi connectivity index (χ1v) is 6.01. The predicted octanol–water partition coefficient (Wildman–Crippen LogP) is 2.36. The van der Waals surface area contributed by atoms with Crippen LogP contribution in [0.15, 0.2) is 36.4 Å². The van der Waals surface area contributed by atoms with Crippen LogP contribution in [0.2, 0.25) is 0 Å². The van der Waals surface area contributed by atoms with Gasteiger partial charge in [-0.1, -0.05) is 12.1 Å². The SMILES string of the molecule is COc1cc2c(cc1C(=O)c1ccccc1O)OCO2. The van der Waals surface area contributed by atoms with E-state index in [1.807, 2.05) is 0 Å². The highest BCUT2D eigenvalue weighted by atomic mass is 16.7. The first-order valence-electron chi connectivity index (χ1n) is 6.01. The Bertz CT molecular complexity index is 678. The van der Waals surface area contributed by atoms with Crippen LogP contribution in [-0.2, 0) is 0 Å². The number of carbonyl (C=O) groups excluding carboxylic acids is 1. The van der Waals surface area contributed by atoms with E-state index in [1.165, 1.54) is 13.2 Å². The minimum absolute atomic E-state index is 0.0720. The van der Waals surface area contributed by atoms with Crippen molar-refractivity contribution in [1.29, 1.82) is 0 Å². The van der Waals surface area contributed by atoms with Gasteiger partial charge in [0, 0.05) is 6.07 Å². The van der Waals surface area contributed by atoms with E-state index in [1.54, 1.807) is 30.3 Å². The maximum Gasteiger partial charge on any atom is 0.231 e. The maximum atomic E-state index is 12.5. The monoisotopic (exact) mass is 272 g/mol. The number of ketones is 1. The molecule has 20 heavy (non-hydrogen) atoms. The summed E-state index contributed by atoms with van der Waals surface area (Å²) in [4.78, 5) is 12.5. The summed E-state index contributed by atoms with van der Waals surface area (Å²) in [5.74, 6) is 0.998. The largest absolute Gasteiger partial charge is 0.507 e. The molecule has 0 saturated carbocycles. The molecule has 2 aromatic carbocycles. The van der Waals surface area contributed by atoms with Gasteiger partial charge in [0.25, 0.3) is 0 Å². The summed E-state index contributed by atoms with van der Waals surface area (Å²) >= 11 is 0. The standard InChI is InChI=1S/C15H12O5/c1-18-12-7-14-13(19-8-20-14)6-10(12)15(17)9-4-2-3-5-11(9)16/h2-7,16H,8H2,1H3. The lowest BCUT2D eigenvalue weighted by molar-refractivity contribution is 0.103. The van der Waals surface area contributed by atoms with Gasteiger partial charge >= 0.3 is 0 Å². The van der Waals surface area contributed by atoms with Crippen molar-refractivity contribution in [1.82, 2.24) is 0 Å². The highest BCUT2D eigenvalue weighted by Crippen LogP contribution is 2.39. The maximum absolute atomic E-state index is 12.5. The number of phenolic OH excluding ortho intramolecular Hbond substituents is 1. The number of para-hydroxylation sites is 1. The fourth-order valence-corrected chi connectivity index (χ4v) is 2.08. The van der Waals surface area contributed by atoms with E-state index in [0.717, 1.165) is 0 Å². The average Bonchev–Trinajstić information content (AvgIpc) is 2.92. The van der Waals surface area contributed by atoms with Gasteiger partial charge in [-0.2, -0.15) is 0 Å². The van der Waals surface area contributed by atoms with Crippen molar-refractivity contribution < 1.29 is 24.1 Å². The molecule has 102 valence electrons. The molecule has 0 amide bonds.